The lowest BCUT2D eigenvalue weighted by Gasteiger charge is -2.41. The molecule has 488 valence electrons. The first kappa shape index (κ1) is 73.3. The number of aliphatic hydroxyl groups is 1. The van der Waals surface area contributed by atoms with Crippen LogP contribution < -0.4 is 16.0 Å². The molecule has 22 heteroatoms. The quantitative estimate of drug-likeness (QED) is 0.137. The maximum Gasteiger partial charge on any atom is 0.327 e. The van der Waals surface area contributed by atoms with Crippen LogP contribution in [0.2, 0.25) is 0 Å². The minimum absolute atomic E-state index is 0.0304. The van der Waals surface area contributed by atoms with E-state index >= 15 is 19.2 Å². The average Bonchev–Trinajstić information content (AvgIpc) is 2.89. The number of hydrogen-bond acceptors (Lipinski definition) is 12. The van der Waals surface area contributed by atoms with Gasteiger partial charge in [-0.05, 0) is 108 Å². The number of nitrogens with one attached hydrogen (secondary N) is 3. The first-order chi connectivity index (χ1) is 41.2. The number of fused-ring (bicyclic) bond motifs is 28. The average molecular weight is 1230 g/mol. The van der Waals surface area contributed by atoms with Crippen molar-refractivity contribution in [1.29, 1.82) is 0 Å². The Balaban J connectivity index is 1.98. The van der Waals surface area contributed by atoms with Gasteiger partial charge in [-0.25, -0.2) is 4.79 Å². The molecule has 0 saturated carbocycles. The molecule has 0 radical (unpaired) electrons. The summed E-state index contributed by atoms with van der Waals surface area (Å²) in [7, 11) is 7.12. The Bertz CT molecular complexity index is 2760. The van der Waals surface area contributed by atoms with Crippen LogP contribution in [-0.4, -0.2) is 214 Å². The van der Waals surface area contributed by atoms with Crippen molar-refractivity contribution in [3.63, 3.8) is 0 Å². The van der Waals surface area contributed by atoms with Gasteiger partial charge in [-0.15, -0.1) is 0 Å². The number of hydrogen-bond donors (Lipinski definition) is 4. The van der Waals surface area contributed by atoms with E-state index in [0.717, 1.165) is 34.0 Å². The maximum absolute atomic E-state index is 15.4. The molecule has 22 nitrogen and oxygen atoms in total. The number of carbonyl (C=O) groups is 10. The van der Waals surface area contributed by atoms with E-state index in [4.69, 9.17) is 4.74 Å². The number of imide groups is 1. The van der Waals surface area contributed by atoms with Crippen LogP contribution in [0.4, 0.5) is 4.79 Å². The Hall–Kier alpha value is -7.20. The zero-order valence-corrected chi connectivity index (χ0v) is 55.4. The number of rotatable bonds is 14. The van der Waals surface area contributed by atoms with E-state index in [-0.39, 0.29) is 62.2 Å². The molecule has 3 aliphatic rings. The zero-order valence-electron chi connectivity index (χ0n) is 55.4. The second kappa shape index (κ2) is 32.9. The summed E-state index contributed by atoms with van der Waals surface area (Å²) in [6, 6.07) is 3.67. The van der Waals surface area contributed by atoms with Crippen molar-refractivity contribution >= 4 is 64.8 Å². The summed E-state index contributed by atoms with van der Waals surface area (Å²) in [6.45, 7) is 25.4. The van der Waals surface area contributed by atoms with Gasteiger partial charge >= 0.3 is 6.03 Å². The first-order valence-corrected chi connectivity index (χ1v) is 31.2. The molecule has 0 unspecified atom stereocenters. The minimum atomic E-state index is -1.69. The summed E-state index contributed by atoms with van der Waals surface area (Å²) in [5.74, 6) is -7.11. The predicted molar refractivity (Wildman–Crippen MR) is 337 cm³/mol. The molecule has 11 amide bonds. The second-order valence-electron chi connectivity index (χ2n) is 25.8. The minimum Gasteiger partial charge on any atom is -0.391 e. The van der Waals surface area contributed by atoms with E-state index in [9.17, 15) is 33.9 Å². The maximum atomic E-state index is 15.4. The molecule has 0 spiro atoms. The van der Waals surface area contributed by atoms with Gasteiger partial charge in [0.2, 0.25) is 41.4 Å². The molecule has 2 aromatic carbocycles. The number of amides is 11. The second-order valence-corrected chi connectivity index (χ2v) is 25.8. The lowest BCUT2D eigenvalue weighted by molar-refractivity contribution is -0.156. The van der Waals surface area contributed by atoms with Crippen molar-refractivity contribution in [2.45, 2.75) is 194 Å². The lowest BCUT2D eigenvalue weighted by atomic mass is 9.93. The topological polar surface area (TPSA) is 259 Å². The molecule has 3 aliphatic heterocycles. The third-order valence-electron chi connectivity index (χ3n) is 16.8. The molecule has 3 heterocycles. The predicted octanol–water partition coefficient (Wildman–Crippen LogP) is 5.42. The van der Waals surface area contributed by atoms with Gasteiger partial charge in [0.25, 0.3) is 11.8 Å². The van der Waals surface area contributed by atoms with E-state index in [2.05, 4.69) is 22.5 Å². The van der Waals surface area contributed by atoms with Crippen molar-refractivity contribution in [1.82, 2.24) is 50.2 Å². The zero-order chi connectivity index (χ0) is 66.2. The van der Waals surface area contributed by atoms with Crippen LogP contribution in [-0.2, 0) is 54.3 Å². The monoisotopic (exact) mass is 1230 g/mol. The number of likely N-dealkylation sites (tertiary alicyclic amines) is 1. The smallest absolute Gasteiger partial charge is 0.327 e. The molecular formula is C66H102N10O12. The number of likely N-dealkylation sites (N-methyl/N-ethyl adjacent to an activating group) is 5. The van der Waals surface area contributed by atoms with Crippen LogP contribution in [0.3, 0.4) is 0 Å². The fraction of sp³-hybridized carbons (Fsp3) is 0.636. The molecule has 2 aromatic rings. The van der Waals surface area contributed by atoms with Crippen LogP contribution >= 0.6 is 0 Å². The van der Waals surface area contributed by atoms with E-state index in [0.29, 0.717) is 36.2 Å². The van der Waals surface area contributed by atoms with Crippen LogP contribution in [0.1, 0.15) is 151 Å². The van der Waals surface area contributed by atoms with E-state index in [1.165, 1.54) is 63.8 Å². The molecule has 1 saturated heterocycles. The number of ether oxygens (including phenoxy) is 1. The standard InChI is InChI=1S/C66H102N10O12/c1-19-33-76-59(81)49(39-88-66(11,12)13)67-56(78)43(8)47-29-31-48(32-30-47)54(63(85)75-34-25-22-26-35-75)69-57(79)44(9)70(14)64(86)55(42(7)20-2)74(18)61(83)51(37-41(5)6)71(15)60(82)52(38-46-27-23-21-24-28-46)72(16)62(84)53(45(10)77)68-58(80)50(36-40(3)4)73(17)65(76)87/h21,23-24,27-32,40-42,44-45,49-55,77H,8,19-20,22,25-26,33-39H2,1-7,9-18H3,(H,67,78)(H,68,80)(H,69,79)/t42-,44-,45+,49-,50-,51-,52-,53-,54-,55-/m0/s1. The number of benzene rings is 2. The Morgan fingerprint density at radius 3 is 1.75 bits per heavy atom. The molecule has 1 fully saturated rings. The highest BCUT2D eigenvalue weighted by atomic mass is 16.5. The van der Waals surface area contributed by atoms with Crippen molar-refractivity contribution in [3.8, 4) is 0 Å². The third-order valence-corrected chi connectivity index (χ3v) is 16.8. The molecule has 4 N–H and O–H groups in total. The number of urea groups is 1. The molecule has 2 bridgehead atoms. The molecule has 0 aliphatic carbocycles. The van der Waals surface area contributed by atoms with E-state index < -0.39 is 119 Å². The highest BCUT2D eigenvalue weighted by Gasteiger charge is 2.45. The number of piperidine rings is 1. The summed E-state index contributed by atoms with van der Waals surface area (Å²) in [4.78, 5) is 158. The van der Waals surface area contributed by atoms with Crippen LogP contribution in [0.25, 0.3) is 5.57 Å². The highest BCUT2D eigenvalue weighted by molar-refractivity contribution is 6.19. The number of carbonyl (C=O) groups excluding carboxylic acids is 10. The fourth-order valence-corrected chi connectivity index (χ4v) is 11.0. The number of aliphatic hydroxyl groups excluding tert-OH is 1. The van der Waals surface area contributed by atoms with Crippen LogP contribution in [0, 0.1) is 17.8 Å². The summed E-state index contributed by atoms with van der Waals surface area (Å²) in [6.07, 6.45) is 1.69. The summed E-state index contributed by atoms with van der Waals surface area (Å²) < 4.78 is 6.07. The lowest BCUT2D eigenvalue weighted by Crippen LogP contribution is -2.63. The Morgan fingerprint density at radius 2 is 1.22 bits per heavy atom. The highest BCUT2D eigenvalue weighted by Crippen LogP contribution is 2.27. The SMILES string of the molecule is C=C1C(=O)N[C@@H](COC(C)(C)C)C(=O)N(CCC)C(=O)N(C)[C@@H](CC(C)C)C(=O)N[C@@H]([C@@H](C)O)C(=O)N(C)[C@@H](Cc2ccccc2)C(=O)N(C)[C@@H](CC(C)C)C(=O)N(C)[C@@H]([C@@H](C)CC)C(=O)N(C)[C@@H](C)C(=O)N[C@H](C(=O)N2CCCCC2)c2ccc1cc2. The van der Waals surface area contributed by atoms with Crippen molar-refractivity contribution in [2.24, 2.45) is 17.8 Å². The first-order valence-electron chi connectivity index (χ1n) is 31.2. The summed E-state index contributed by atoms with van der Waals surface area (Å²) in [5.41, 5.74) is 0.404. The van der Waals surface area contributed by atoms with E-state index in [1.807, 2.05) is 41.5 Å². The molecule has 0 aromatic heterocycles. The summed E-state index contributed by atoms with van der Waals surface area (Å²) >= 11 is 0. The van der Waals surface area contributed by atoms with Gasteiger partial charge in [0.15, 0.2) is 0 Å². The van der Waals surface area contributed by atoms with Gasteiger partial charge in [-0.2, -0.15) is 0 Å². The van der Waals surface area contributed by atoms with Crippen LogP contribution in [0.15, 0.2) is 61.2 Å². The van der Waals surface area contributed by atoms with Crippen molar-refractivity contribution < 1.29 is 57.8 Å². The summed E-state index contributed by atoms with van der Waals surface area (Å²) in [5, 5.41) is 19.8. The largest absolute Gasteiger partial charge is 0.391 e. The normalized spacial score (nSPS) is 24.7. The Kier molecular flexibility index (Phi) is 27.4. The van der Waals surface area contributed by atoms with Gasteiger partial charge in [0.1, 0.15) is 48.3 Å². The Morgan fingerprint density at radius 1 is 0.659 bits per heavy atom. The van der Waals surface area contributed by atoms with Gasteiger partial charge < -0.3 is 55.2 Å². The van der Waals surface area contributed by atoms with Gasteiger partial charge in [0.05, 0.1) is 18.3 Å². The van der Waals surface area contributed by atoms with Crippen molar-refractivity contribution in [2.75, 3.05) is 61.5 Å². The van der Waals surface area contributed by atoms with Crippen molar-refractivity contribution in [3.05, 3.63) is 77.9 Å². The number of nitrogens with zero attached hydrogens (tertiary/aromatic N) is 7. The molecule has 5 rings (SSSR count). The van der Waals surface area contributed by atoms with Gasteiger partial charge in [-0.1, -0.05) is 116 Å². The molecule has 88 heavy (non-hydrogen) atoms. The Labute approximate surface area is 522 Å². The van der Waals surface area contributed by atoms with Gasteiger partial charge in [-0.3, -0.25) is 48.1 Å². The van der Waals surface area contributed by atoms with Gasteiger partial charge in [0, 0.05) is 66.9 Å². The third kappa shape index (κ3) is 19.2. The molecular weight excluding hydrogens is 1120 g/mol. The van der Waals surface area contributed by atoms with Crippen LogP contribution in [0.5, 0.6) is 0 Å². The van der Waals surface area contributed by atoms with E-state index in [1.54, 1.807) is 87.2 Å². The fourth-order valence-electron chi connectivity index (χ4n) is 11.0. The molecule has 10 atom stereocenters.